The van der Waals surface area contributed by atoms with Crippen molar-refractivity contribution in [2.24, 2.45) is 9.98 Å². The number of aliphatic imine (C=N–C) groups is 2. The van der Waals surface area contributed by atoms with E-state index in [1.807, 2.05) is 24.3 Å². The van der Waals surface area contributed by atoms with E-state index in [4.69, 9.17) is 0 Å². The second-order valence-corrected chi connectivity index (χ2v) is 10.3. The number of thioether (sulfide) groups is 1. The Morgan fingerprint density at radius 1 is 1.03 bits per heavy atom. The van der Waals surface area contributed by atoms with Gasteiger partial charge in [0.25, 0.3) is 5.91 Å². The zero-order chi connectivity index (χ0) is 25.8. The Labute approximate surface area is 218 Å². The minimum absolute atomic E-state index is 0.0572. The van der Waals surface area contributed by atoms with Crippen LogP contribution < -0.4 is 10.6 Å². The average Bonchev–Trinajstić information content (AvgIpc) is 3.24. The summed E-state index contributed by atoms with van der Waals surface area (Å²) in [5.41, 5.74) is 1.47. The number of hydrogen-bond acceptors (Lipinski definition) is 6. The summed E-state index contributed by atoms with van der Waals surface area (Å²) in [7, 11) is 0. The summed E-state index contributed by atoms with van der Waals surface area (Å²) in [6.45, 7) is 0. The number of nitrogens with zero attached hydrogens (tertiary/aromatic N) is 3. The van der Waals surface area contributed by atoms with Gasteiger partial charge in [-0.3, -0.25) is 19.4 Å². The third-order valence-electron chi connectivity index (χ3n) is 6.64. The van der Waals surface area contributed by atoms with Crippen molar-refractivity contribution in [1.82, 2.24) is 10.2 Å². The first kappa shape index (κ1) is 25.1. The molecule has 192 valence electrons. The van der Waals surface area contributed by atoms with Gasteiger partial charge in [-0.15, -0.1) is 0 Å². The lowest BCUT2D eigenvalue weighted by Gasteiger charge is -2.25. The summed E-state index contributed by atoms with van der Waals surface area (Å²) < 4.78 is 13.9. The monoisotopic (exact) mass is 521 g/mol. The van der Waals surface area contributed by atoms with E-state index in [9.17, 15) is 18.8 Å². The van der Waals surface area contributed by atoms with Crippen LogP contribution in [0.4, 0.5) is 15.8 Å². The number of carbonyl (C=O) groups excluding carboxylic acids is 3. The first-order valence-electron chi connectivity index (χ1n) is 12.6. The van der Waals surface area contributed by atoms with Crippen LogP contribution in [-0.2, 0) is 14.4 Å². The third-order valence-corrected chi connectivity index (χ3v) is 7.58. The summed E-state index contributed by atoms with van der Waals surface area (Å²) in [5, 5.41) is 5.97. The molecule has 2 aromatic carbocycles. The molecule has 0 saturated heterocycles. The van der Waals surface area contributed by atoms with Crippen molar-refractivity contribution in [3.8, 4) is 0 Å². The van der Waals surface area contributed by atoms with Crippen molar-refractivity contribution in [2.75, 3.05) is 11.1 Å². The topological polar surface area (TPSA) is 103 Å². The highest BCUT2D eigenvalue weighted by atomic mass is 32.2. The Morgan fingerprint density at radius 2 is 1.78 bits per heavy atom. The van der Waals surface area contributed by atoms with Crippen LogP contribution in [0, 0.1) is 5.82 Å². The number of carbonyl (C=O) groups is 3. The van der Waals surface area contributed by atoms with Gasteiger partial charge in [-0.05, 0) is 43.5 Å². The molecule has 3 amide bonds. The van der Waals surface area contributed by atoms with Crippen molar-refractivity contribution >= 4 is 51.9 Å². The average molecular weight is 522 g/mol. The largest absolute Gasteiger partial charge is 0.353 e. The number of amides is 3. The predicted octanol–water partition coefficient (Wildman–Crippen LogP) is 4.39. The van der Waals surface area contributed by atoms with Gasteiger partial charge in [-0.2, -0.15) is 0 Å². The maximum Gasteiger partial charge on any atom is 0.259 e. The molecule has 3 aliphatic rings. The van der Waals surface area contributed by atoms with Gasteiger partial charge < -0.3 is 10.6 Å². The van der Waals surface area contributed by atoms with Crippen LogP contribution >= 0.6 is 11.8 Å². The molecule has 2 N–H and O–H groups in total. The second-order valence-electron chi connectivity index (χ2n) is 9.31. The van der Waals surface area contributed by atoms with E-state index in [1.54, 1.807) is 12.1 Å². The highest BCUT2D eigenvalue weighted by Crippen LogP contribution is 2.34. The molecular formula is C27H28FN5O3S. The van der Waals surface area contributed by atoms with Gasteiger partial charge in [-0.25, -0.2) is 14.3 Å². The van der Waals surface area contributed by atoms with Gasteiger partial charge >= 0.3 is 0 Å². The first-order valence-corrected chi connectivity index (χ1v) is 13.5. The molecule has 2 aliphatic heterocycles. The normalized spacial score (nSPS) is 19.0. The zero-order valence-electron chi connectivity index (χ0n) is 20.3. The maximum atomic E-state index is 13.9. The van der Waals surface area contributed by atoms with Crippen LogP contribution in [0.3, 0.4) is 0 Å². The second kappa shape index (κ2) is 11.2. The van der Waals surface area contributed by atoms with Gasteiger partial charge in [0.1, 0.15) is 17.7 Å². The standard InChI is InChI=1S/C27H28FN5O3S/c28-19-11-5-7-13-21(19)30-24(35)16-37-27-32-20-12-6-4-10-18(20)25-31-22(26(36)33(25)27)14-15-23(34)29-17-8-2-1-3-9-17/h4-7,10-13,17,22H,1-3,8-9,14-16H2,(H,29,34)(H,30,35). The Bertz CT molecular complexity index is 1270. The predicted molar refractivity (Wildman–Crippen MR) is 142 cm³/mol. The molecular weight excluding hydrogens is 493 g/mol. The Morgan fingerprint density at radius 3 is 2.59 bits per heavy atom. The van der Waals surface area contributed by atoms with E-state index in [0.29, 0.717) is 23.1 Å². The SMILES string of the molecule is O=C(CSC1=Nc2ccccc2C2=NC(CCC(=O)NC3CCCCC3)C(=O)N12)Nc1ccccc1F. The van der Waals surface area contributed by atoms with Crippen LogP contribution in [0.5, 0.6) is 0 Å². The zero-order valence-corrected chi connectivity index (χ0v) is 21.1. The quantitative estimate of drug-likeness (QED) is 0.564. The minimum Gasteiger partial charge on any atom is -0.353 e. The molecule has 2 heterocycles. The van der Waals surface area contributed by atoms with E-state index in [-0.39, 0.29) is 35.7 Å². The molecule has 1 saturated carbocycles. The number of rotatable bonds is 7. The maximum absolute atomic E-state index is 13.9. The molecule has 5 rings (SSSR count). The van der Waals surface area contributed by atoms with Crippen molar-refractivity contribution in [3.63, 3.8) is 0 Å². The van der Waals surface area contributed by atoms with Crippen LogP contribution in [0.2, 0.25) is 0 Å². The highest BCUT2D eigenvalue weighted by Gasteiger charge is 2.41. The van der Waals surface area contributed by atoms with Gasteiger partial charge in [0, 0.05) is 18.0 Å². The fourth-order valence-corrected chi connectivity index (χ4v) is 5.58. The third kappa shape index (κ3) is 5.74. The minimum atomic E-state index is -0.698. The molecule has 37 heavy (non-hydrogen) atoms. The van der Waals surface area contributed by atoms with Gasteiger partial charge in [0.2, 0.25) is 11.8 Å². The van der Waals surface area contributed by atoms with E-state index in [2.05, 4.69) is 20.6 Å². The van der Waals surface area contributed by atoms with E-state index in [1.165, 1.54) is 23.5 Å². The summed E-state index contributed by atoms with van der Waals surface area (Å²) >= 11 is 1.08. The molecule has 0 radical (unpaired) electrons. The summed E-state index contributed by atoms with van der Waals surface area (Å²) in [6.07, 6.45) is 5.99. The number of halogens is 1. The lowest BCUT2D eigenvalue weighted by atomic mass is 9.95. The highest BCUT2D eigenvalue weighted by molar-refractivity contribution is 8.14. The molecule has 2 aromatic rings. The molecule has 8 nitrogen and oxygen atoms in total. The van der Waals surface area contributed by atoms with Gasteiger partial charge in [0.15, 0.2) is 5.17 Å². The molecule has 1 aliphatic carbocycles. The molecule has 0 spiro atoms. The van der Waals surface area contributed by atoms with Crippen LogP contribution in [0.25, 0.3) is 0 Å². The number of nitrogens with one attached hydrogen (secondary N) is 2. The number of para-hydroxylation sites is 2. The molecule has 10 heteroatoms. The van der Waals surface area contributed by atoms with Crippen molar-refractivity contribution < 1.29 is 18.8 Å². The van der Waals surface area contributed by atoms with Crippen molar-refractivity contribution in [2.45, 2.75) is 57.0 Å². The van der Waals surface area contributed by atoms with Crippen LogP contribution in [0.1, 0.15) is 50.5 Å². The number of hydrogen-bond donors (Lipinski definition) is 2. The molecule has 0 bridgehead atoms. The number of fused-ring (bicyclic) bond motifs is 3. The van der Waals surface area contributed by atoms with Gasteiger partial charge in [-0.1, -0.05) is 55.3 Å². The fraction of sp³-hybridized carbons (Fsp3) is 0.370. The molecule has 1 fully saturated rings. The Balaban J connectivity index is 1.26. The first-order chi connectivity index (χ1) is 18.0. The number of anilines is 1. The van der Waals surface area contributed by atoms with E-state index in [0.717, 1.165) is 43.0 Å². The van der Waals surface area contributed by atoms with Crippen LogP contribution in [0.15, 0.2) is 58.5 Å². The lowest BCUT2D eigenvalue weighted by molar-refractivity contribution is -0.125. The van der Waals surface area contributed by atoms with E-state index < -0.39 is 17.8 Å². The Kier molecular flexibility index (Phi) is 7.64. The van der Waals surface area contributed by atoms with Crippen molar-refractivity contribution in [3.05, 3.63) is 59.9 Å². The Hall–Kier alpha value is -3.53. The summed E-state index contributed by atoms with van der Waals surface area (Å²) in [4.78, 5) is 49.1. The lowest BCUT2D eigenvalue weighted by Crippen LogP contribution is -2.42. The molecule has 0 aromatic heterocycles. The van der Waals surface area contributed by atoms with Crippen LogP contribution in [-0.4, -0.2) is 51.5 Å². The van der Waals surface area contributed by atoms with Crippen molar-refractivity contribution in [1.29, 1.82) is 0 Å². The molecule has 1 unspecified atom stereocenters. The smallest absolute Gasteiger partial charge is 0.259 e. The molecule has 1 atom stereocenters. The number of amidine groups is 2. The fourth-order valence-electron chi connectivity index (χ4n) is 4.78. The number of benzene rings is 2. The summed E-state index contributed by atoms with van der Waals surface area (Å²) in [6, 6.07) is 12.8. The van der Waals surface area contributed by atoms with Gasteiger partial charge in [0.05, 0.1) is 17.1 Å². The van der Waals surface area contributed by atoms with E-state index >= 15 is 0 Å². The summed E-state index contributed by atoms with van der Waals surface area (Å²) in [5.74, 6) is -0.859.